The van der Waals surface area contributed by atoms with Gasteiger partial charge < -0.3 is 5.73 Å². The molecule has 1 aromatic carbocycles. The molecule has 0 saturated heterocycles. The Morgan fingerprint density at radius 1 is 1.12 bits per heavy atom. The summed E-state index contributed by atoms with van der Waals surface area (Å²) in [4.78, 5) is 4.16. The second-order valence-corrected chi connectivity index (χ2v) is 5.27. The molecule has 1 unspecified atom stereocenters. The molecule has 2 N–H and O–H groups in total. The summed E-state index contributed by atoms with van der Waals surface area (Å²) >= 11 is 2.36. The number of halogens is 1. The molecule has 0 radical (unpaired) electrons. The topological polar surface area (TPSA) is 38.9 Å². The van der Waals surface area contributed by atoms with Gasteiger partial charge in [-0.3, -0.25) is 4.98 Å². The SMILES string of the molecule is Cc1ccncc1C(N)c1cccc(C)c1I. The van der Waals surface area contributed by atoms with E-state index in [1.165, 1.54) is 20.3 Å². The fourth-order valence-electron chi connectivity index (χ4n) is 1.88. The van der Waals surface area contributed by atoms with Crippen LogP contribution in [-0.2, 0) is 0 Å². The molecule has 0 aliphatic heterocycles. The Hall–Kier alpha value is -0.940. The van der Waals surface area contributed by atoms with Crippen molar-refractivity contribution in [1.82, 2.24) is 4.98 Å². The summed E-state index contributed by atoms with van der Waals surface area (Å²) in [5.41, 5.74) is 11.1. The van der Waals surface area contributed by atoms with Gasteiger partial charge in [0.2, 0.25) is 0 Å². The van der Waals surface area contributed by atoms with E-state index in [2.05, 4.69) is 59.6 Å². The largest absolute Gasteiger partial charge is 0.320 e. The zero-order valence-corrected chi connectivity index (χ0v) is 12.1. The standard InChI is InChI=1S/C14H15IN2/c1-9-6-7-17-8-12(9)14(16)11-5-3-4-10(2)13(11)15/h3-8,14H,16H2,1-2H3. The molecule has 0 spiro atoms. The van der Waals surface area contributed by atoms with Crippen molar-refractivity contribution in [1.29, 1.82) is 0 Å². The molecule has 0 aliphatic carbocycles. The van der Waals surface area contributed by atoms with Crippen LogP contribution in [0, 0.1) is 17.4 Å². The van der Waals surface area contributed by atoms with Gasteiger partial charge in [-0.2, -0.15) is 0 Å². The third-order valence-corrected chi connectivity index (χ3v) is 4.44. The molecule has 0 amide bonds. The first-order valence-electron chi connectivity index (χ1n) is 5.52. The first-order chi connectivity index (χ1) is 8.11. The fourth-order valence-corrected chi connectivity index (χ4v) is 2.57. The Morgan fingerprint density at radius 3 is 2.59 bits per heavy atom. The normalized spacial score (nSPS) is 12.5. The van der Waals surface area contributed by atoms with Gasteiger partial charge in [-0.1, -0.05) is 18.2 Å². The molecule has 88 valence electrons. The Bertz CT molecular complexity index is 537. The van der Waals surface area contributed by atoms with E-state index in [4.69, 9.17) is 5.73 Å². The van der Waals surface area contributed by atoms with E-state index in [1.54, 1.807) is 6.20 Å². The van der Waals surface area contributed by atoms with E-state index in [1.807, 2.05) is 12.3 Å². The van der Waals surface area contributed by atoms with Gasteiger partial charge in [0.1, 0.15) is 0 Å². The molecule has 1 atom stereocenters. The van der Waals surface area contributed by atoms with E-state index in [0.29, 0.717) is 0 Å². The van der Waals surface area contributed by atoms with Crippen molar-refractivity contribution in [2.45, 2.75) is 19.9 Å². The molecule has 2 aromatic rings. The number of hydrogen-bond donors (Lipinski definition) is 1. The van der Waals surface area contributed by atoms with Gasteiger partial charge in [0.25, 0.3) is 0 Å². The maximum absolute atomic E-state index is 6.34. The van der Waals surface area contributed by atoms with Crippen LogP contribution >= 0.6 is 22.6 Å². The molecule has 0 fully saturated rings. The quantitative estimate of drug-likeness (QED) is 0.853. The average Bonchev–Trinajstić information content (AvgIpc) is 2.32. The molecule has 17 heavy (non-hydrogen) atoms. The van der Waals surface area contributed by atoms with Crippen LogP contribution in [0.4, 0.5) is 0 Å². The predicted molar refractivity (Wildman–Crippen MR) is 78.9 cm³/mol. The summed E-state index contributed by atoms with van der Waals surface area (Å²) < 4.78 is 1.24. The number of pyridine rings is 1. The molecule has 0 saturated carbocycles. The summed E-state index contributed by atoms with van der Waals surface area (Å²) in [6, 6.07) is 8.14. The zero-order chi connectivity index (χ0) is 12.4. The lowest BCUT2D eigenvalue weighted by atomic mass is 9.96. The van der Waals surface area contributed by atoms with Crippen molar-refractivity contribution in [2.24, 2.45) is 5.73 Å². The lowest BCUT2D eigenvalue weighted by molar-refractivity contribution is 0.845. The van der Waals surface area contributed by atoms with Crippen molar-refractivity contribution in [3.8, 4) is 0 Å². The number of nitrogens with two attached hydrogens (primary N) is 1. The highest BCUT2D eigenvalue weighted by Gasteiger charge is 2.14. The van der Waals surface area contributed by atoms with E-state index >= 15 is 0 Å². The van der Waals surface area contributed by atoms with Gasteiger partial charge in [0.05, 0.1) is 6.04 Å². The second-order valence-electron chi connectivity index (χ2n) is 4.19. The minimum absolute atomic E-state index is 0.101. The van der Waals surface area contributed by atoms with Crippen LogP contribution in [0.2, 0.25) is 0 Å². The highest BCUT2D eigenvalue weighted by atomic mass is 127. The van der Waals surface area contributed by atoms with E-state index in [0.717, 1.165) is 5.56 Å². The number of aromatic nitrogens is 1. The van der Waals surface area contributed by atoms with Gasteiger partial charge >= 0.3 is 0 Å². The minimum atomic E-state index is -0.101. The van der Waals surface area contributed by atoms with Gasteiger partial charge in [0.15, 0.2) is 0 Å². The van der Waals surface area contributed by atoms with Crippen LogP contribution in [0.3, 0.4) is 0 Å². The van der Waals surface area contributed by atoms with E-state index < -0.39 is 0 Å². The van der Waals surface area contributed by atoms with Crippen molar-refractivity contribution in [3.05, 3.63) is 62.5 Å². The highest BCUT2D eigenvalue weighted by Crippen LogP contribution is 2.27. The Morgan fingerprint density at radius 2 is 1.88 bits per heavy atom. The second kappa shape index (κ2) is 5.14. The monoisotopic (exact) mass is 338 g/mol. The van der Waals surface area contributed by atoms with Gasteiger partial charge in [-0.15, -0.1) is 0 Å². The smallest absolute Gasteiger partial charge is 0.0580 e. The lowest BCUT2D eigenvalue weighted by Gasteiger charge is -2.17. The van der Waals surface area contributed by atoms with Gasteiger partial charge in [-0.25, -0.2) is 0 Å². The van der Waals surface area contributed by atoms with Crippen molar-refractivity contribution in [2.75, 3.05) is 0 Å². The number of benzene rings is 1. The molecule has 3 heteroatoms. The van der Waals surface area contributed by atoms with Gasteiger partial charge in [0, 0.05) is 16.0 Å². The Kier molecular flexibility index (Phi) is 3.79. The van der Waals surface area contributed by atoms with Crippen LogP contribution in [0.5, 0.6) is 0 Å². The minimum Gasteiger partial charge on any atom is -0.320 e. The van der Waals surface area contributed by atoms with Crippen molar-refractivity contribution in [3.63, 3.8) is 0 Å². The molecule has 1 aromatic heterocycles. The predicted octanol–water partition coefficient (Wildman–Crippen LogP) is 3.35. The Labute approximate surface area is 115 Å². The highest BCUT2D eigenvalue weighted by molar-refractivity contribution is 14.1. The Balaban J connectivity index is 2.48. The average molecular weight is 338 g/mol. The summed E-state index contributed by atoms with van der Waals surface area (Å²) in [7, 11) is 0. The number of hydrogen-bond acceptors (Lipinski definition) is 2. The van der Waals surface area contributed by atoms with Crippen LogP contribution in [0.1, 0.15) is 28.3 Å². The van der Waals surface area contributed by atoms with Gasteiger partial charge in [-0.05, 0) is 64.8 Å². The molecular weight excluding hydrogens is 323 g/mol. The van der Waals surface area contributed by atoms with Crippen LogP contribution in [-0.4, -0.2) is 4.98 Å². The third kappa shape index (κ3) is 2.50. The lowest BCUT2D eigenvalue weighted by Crippen LogP contribution is -2.15. The summed E-state index contributed by atoms with van der Waals surface area (Å²) in [5.74, 6) is 0. The molecule has 1 heterocycles. The maximum Gasteiger partial charge on any atom is 0.0580 e. The summed E-state index contributed by atoms with van der Waals surface area (Å²) in [5, 5.41) is 0. The van der Waals surface area contributed by atoms with Crippen molar-refractivity contribution < 1.29 is 0 Å². The molecule has 2 nitrogen and oxygen atoms in total. The van der Waals surface area contributed by atoms with E-state index in [9.17, 15) is 0 Å². The maximum atomic E-state index is 6.34. The van der Waals surface area contributed by atoms with Crippen LogP contribution < -0.4 is 5.73 Å². The number of rotatable bonds is 2. The van der Waals surface area contributed by atoms with E-state index in [-0.39, 0.29) is 6.04 Å². The molecule has 2 rings (SSSR count). The fraction of sp³-hybridized carbons (Fsp3) is 0.214. The zero-order valence-electron chi connectivity index (χ0n) is 9.94. The number of aryl methyl sites for hydroxylation is 2. The first-order valence-corrected chi connectivity index (χ1v) is 6.60. The molecular formula is C14H15IN2. The summed E-state index contributed by atoms with van der Waals surface area (Å²) in [6.07, 6.45) is 3.66. The van der Waals surface area contributed by atoms with Crippen LogP contribution in [0.25, 0.3) is 0 Å². The third-order valence-electron chi connectivity index (χ3n) is 2.97. The summed E-state index contributed by atoms with van der Waals surface area (Å²) in [6.45, 7) is 4.17. The first kappa shape index (κ1) is 12.5. The van der Waals surface area contributed by atoms with Crippen molar-refractivity contribution >= 4 is 22.6 Å². The number of nitrogens with zero attached hydrogens (tertiary/aromatic N) is 1. The molecule has 0 aliphatic rings. The van der Waals surface area contributed by atoms with Crippen LogP contribution in [0.15, 0.2) is 36.7 Å². The molecule has 0 bridgehead atoms.